The predicted octanol–water partition coefficient (Wildman–Crippen LogP) is 2.66. The van der Waals surface area contributed by atoms with Gasteiger partial charge in [0.15, 0.2) is 6.29 Å². The summed E-state index contributed by atoms with van der Waals surface area (Å²) in [6.07, 6.45) is 0.173. The van der Waals surface area contributed by atoms with Crippen molar-refractivity contribution in [2.45, 2.75) is 6.61 Å². The van der Waals surface area contributed by atoms with Crippen LogP contribution in [0.5, 0.6) is 5.75 Å². The van der Waals surface area contributed by atoms with Gasteiger partial charge >= 0.3 is 6.61 Å². The van der Waals surface area contributed by atoms with Crippen molar-refractivity contribution >= 4 is 23.6 Å². The molecule has 16 heavy (non-hydrogen) atoms. The van der Waals surface area contributed by atoms with E-state index in [9.17, 15) is 23.7 Å². The second-order valence-electron chi connectivity index (χ2n) is 2.59. The van der Waals surface area contributed by atoms with E-state index >= 15 is 0 Å². The largest absolute Gasteiger partial charge is 0.435 e. The predicted molar refractivity (Wildman–Crippen MR) is 50.1 cm³/mol. The fourth-order valence-electron chi connectivity index (χ4n) is 1.02. The molecule has 0 aliphatic rings. The molecular formula is C8H4ClF2NO4. The number of carbonyl (C=O) groups excluding carboxylic acids is 1. The number of hydrogen-bond acceptors (Lipinski definition) is 4. The highest BCUT2D eigenvalue weighted by molar-refractivity contribution is 6.33. The minimum atomic E-state index is -3.13. The molecule has 0 fully saturated rings. The third kappa shape index (κ3) is 2.63. The number of hydrogen-bond donors (Lipinski definition) is 0. The minimum absolute atomic E-state index is 0.173. The Morgan fingerprint density at radius 3 is 2.56 bits per heavy atom. The SMILES string of the molecule is O=Cc1c(Cl)cc(OC(F)F)cc1[N+](=O)[O-]. The zero-order valence-corrected chi connectivity index (χ0v) is 8.28. The van der Waals surface area contributed by atoms with Crippen LogP contribution in [0.4, 0.5) is 14.5 Å². The van der Waals surface area contributed by atoms with Crippen LogP contribution in [-0.2, 0) is 0 Å². The molecule has 0 atom stereocenters. The monoisotopic (exact) mass is 251 g/mol. The Balaban J connectivity index is 3.28. The van der Waals surface area contributed by atoms with E-state index in [0.29, 0.717) is 6.07 Å². The molecule has 1 rings (SSSR count). The van der Waals surface area contributed by atoms with Crippen molar-refractivity contribution in [3.63, 3.8) is 0 Å². The lowest BCUT2D eigenvalue weighted by Gasteiger charge is -2.06. The van der Waals surface area contributed by atoms with Crippen LogP contribution in [0.25, 0.3) is 0 Å². The highest BCUT2D eigenvalue weighted by atomic mass is 35.5. The van der Waals surface area contributed by atoms with Gasteiger partial charge in [-0.05, 0) is 0 Å². The molecule has 0 heterocycles. The van der Waals surface area contributed by atoms with Crippen LogP contribution in [0.2, 0.25) is 5.02 Å². The van der Waals surface area contributed by atoms with Crippen molar-refractivity contribution < 1.29 is 23.2 Å². The van der Waals surface area contributed by atoms with Gasteiger partial charge in [0.25, 0.3) is 5.69 Å². The van der Waals surface area contributed by atoms with Crippen LogP contribution < -0.4 is 4.74 Å². The Morgan fingerprint density at radius 1 is 1.50 bits per heavy atom. The first-order valence-electron chi connectivity index (χ1n) is 3.83. The van der Waals surface area contributed by atoms with E-state index in [-0.39, 0.29) is 16.9 Å². The fourth-order valence-corrected chi connectivity index (χ4v) is 1.27. The van der Waals surface area contributed by atoms with Gasteiger partial charge in [0.05, 0.1) is 16.0 Å². The van der Waals surface area contributed by atoms with Crippen molar-refractivity contribution in [3.05, 3.63) is 32.8 Å². The number of nitrogens with zero attached hydrogens (tertiary/aromatic N) is 1. The number of carbonyl (C=O) groups is 1. The van der Waals surface area contributed by atoms with Crippen molar-refractivity contribution in [3.8, 4) is 5.75 Å². The lowest BCUT2D eigenvalue weighted by Crippen LogP contribution is -2.03. The van der Waals surface area contributed by atoms with Gasteiger partial charge in [-0.15, -0.1) is 0 Å². The smallest absolute Gasteiger partial charge is 0.387 e. The molecule has 0 saturated heterocycles. The van der Waals surface area contributed by atoms with Crippen molar-refractivity contribution in [2.24, 2.45) is 0 Å². The van der Waals surface area contributed by atoms with Gasteiger partial charge in [0, 0.05) is 6.07 Å². The van der Waals surface area contributed by atoms with Gasteiger partial charge in [-0.2, -0.15) is 8.78 Å². The summed E-state index contributed by atoms with van der Waals surface area (Å²) in [4.78, 5) is 20.1. The van der Waals surface area contributed by atoms with Crippen molar-refractivity contribution in [1.82, 2.24) is 0 Å². The van der Waals surface area contributed by atoms with Crippen LogP contribution in [0.3, 0.4) is 0 Å². The molecule has 0 aliphatic heterocycles. The molecule has 0 radical (unpaired) electrons. The van der Waals surface area contributed by atoms with Gasteiger partial charge in [-0.3, -0.25) is 14.9 Å². The average molecular weight is 252 g/mol. The summed E-state index contributed by atoms with van der Waals surface area (Å²) < 4.78 is 27.7. The summed E-state index contributed by atoms with van der Waals surface area (Å²) in [5, 5.41) is 10.2. The van der Waals surface area contributed by atoms with Crippen LogP contribution >= 0.6 is 11.6 Å². The van der Waals surface area contributed by atoms with E-state index in [1.807, 2.05) is 0 Å². The lowest BCUT2D eigenvalue weighted by atomic mass is 10.2. The second kappa shape index (κ2) is 4.84. The molecule has 0 bridgehead atoms. The quantitative estimate of drug-likeness (QED) is 0.469. The van der Waals surface area contributed by atoms with Crippen LogP contribution in [0.1, 0.15) is 10.4 Å². The molecule has 1 aromatic rings. The van der Waals surface area contributed by atoms with E-state index in [1.54, 1.807) is 0 Å². The number of rotatable bonds is 4. The van der Waals surface area contributed by atoms with E-state index in [0.717, 1.165) is 6.07 Å². The summed E-state index contributed by atoms with van der Waals surface area (Å²) in [7, 11) is 0. The Hall–Kier alpha value is -1.76. The summed E-state index contributed by atoms with van der Waals surface area (Å²) in [5.74, 6) is -0.475. The summed E-state index contributed by atoms with van der Waals surface area (Å²) in [6.45, 7) is -3.13. The number of alkyl halides is 2. The lowest BCUT2D eigenvalue weighted by molar-refractivity contribution is -0.385. The fraction of sp³-hybridized carbons (Fsp3) is 0.125. The van der Waals surface area contributed by atoms with E-state index < -0.39 is 23.0 Å². The molecule has 0 aromatic heterocycles. The molecule has 0 aliphatic carbocycles. The normalized spacial score (nSPS) is 10.2. The van der Waals surface area contributed by atoms with E-state index in [1.165, 1.54) is 0 Å². The molecule has 0 unspecified atom stereocenters. The Kier molecular flexibility index (Phi) is 3.73. The molecule has 0 spiro atoms. The van der Waals surface area contributed by atoms with Crippen LogP contribution in [0, 0.1) is 10.1 Å². The first kappa shape index (κ1) is 12.3. The first-order valence-corrected chi connectivity index (χ1v) is 4.21. The number of ether oxygens (including phenoxy) is 1. The molecular weight excluding hydrogens is 248 g/mol. The third-order valence-corrected chi connectivity index (χ3v) is 1.93. The summed E-state index contributed by atoms with van der Waals surface area (Å²) >= 11 is 5.50. The van der Waals surface area contributed by atoms with Crippen molar-refractivity contribution in [1.29, 1.82) is 0 Å². The van der Waals surface area contributed by atoms with Gasteiger partial charge in [-0.1, -0.05) is 11.6 Å². The number of aldehydes is 1. The Morgan fingerprint density at radius 2 is 2.12 bits per heavy atom. The van der Waals surface area contributed by atoms with Gasteiger partial charge in [-0.25, -0.2) is 0 Å². The van der Waals surface area contributed by atoms with Crippen LogP contribution in [0.15, 0.2) is 12.1 Å². The number of nitro benzene ring substituents is 1. The molecule has 0 saturated carbocycles. The molecule has 0 amide bonds. The third-order valence-electron chi connectivity index (χ3n) is 1.62. The van der Waals surface area contributed by atoms with Gasteiger partial charge in [0.1, 0.15) is 11.3 Å². The summed E-state index contributed by atoms with van der Waals surface area (Å²) in [6, 6.07) is 1.62. The van der Waals surface area contributed by atoms with Crippen molar-refractivity contribution in [2.75, 3.05) is 0 Å². The topological polar surface area (TPSA) is 69.4 Å². The second-order valence-corrected chi connectivity index (χ2v) is 3.00. The highest BCUT2D eigenvalue weighted by Crippen LogP contribution is 2.31. The molecule has 5 nitrogen and oxygen atoms in total. The van der Waals surface area contributed by atoms with Crippen LogP contribution in [-0.4, -0.2) is 17.8 Å². The molecule has 86 valence electrons. The summed E-state index contributed by atoms with van der Waals surface area (Å²) in [5.41, 5.74) is -1.06. The molecule has 0 N–H and O–H groups in total. The number of benzene rings is 1. The maximum absolute atomic E-state index is 11.9. The first-order chi connectivity index (χ1) is 7.45. The maximum atomic E-state index is 11.9. The highest BCUT2D eigenvalue weighted by Gasteiger charge is 2.20. The van der Waals surface area contributed by atoms with E-state index in [2.05, 4.69) is 4.74 Å². The molecule has 1 aromatic carbocycles. The molecule has 8 heteroatoms. The Labute approximate surface area is 92.7 Å². The van der Waals surface area contributed by atoms with Gasteiger partial charge < -0.3 is 4.74 Å². The Bertz CT molecular complexity index is 438. The van der Waals surface area contributed by atoms with Gasteiger partial charge in [0.2, 0.25) is 0 Å². The minimum Gasteiger partial charge on any atom is -0.435 e. The average Bonchev–Trinajstić information content (AvgIpc) is 2.15. The zero-order valence-electron chi connectivity index (χ0n) is 7.52. The maximum Gasteiger partial charge on any atom is 0.387 e. The number of nitro groups is 1. The zero-order chi connectivity index (χ0) is 12.3. The standard InChI is InChI=1S/C8H4ClF2NO4/c9-6-1-4(16-8(10)11)2-7(12(14)15)5(6)3-13/h1-3,8H. The van der Waals surface area contributed by atoms with E-state index in [4.69, 9.17) is 11.6 Å². The number of halogens is 3.